The fraction of sp³-hybridized carbons (Fsp3) is 0.818. The summed E-state index contributed by atoms with van der Waals surface area (Å²) in [7, 11) is 3.10. The molecule has 0 radical (unpaired) electrons. The molecule has 1 heterocycles. The Morgan fingerprint density at radius 1 is 1.45 bits per heavy atom. The number of nitrogens with zero attached hydrogens (tertiary/aromatic N) is 4. The summed E-state index contributed by atoms with van der Waals surface area (Å²) in [5, 5.41) is 14.5. The van der Waals surface area contributed by atoms with Gasteiger partial charge in [-0.15, -0.1) is 5.10 Å². The molecule has 0 aliphatic carbocycles. The Morgan fingerprint density at radius 2 is 2.15 bits per heavy atom. The lowest BCUT2D eigenvalue weighted by atomic mass is 10.4. The molecule has 1 rings (SSSR count). The highest BCUT2D eigenvalue weighted by Crippen LogP contribution is 2.20. The van der Waals surface area contributed by atoms with Crippen LogP contribution in [0.25, 0.3) is 0 Å². The van der Waals surface area contributed by atoms with Crippen molar-refractivity contribution < 1.29 is 14.3 Å². The van der Waals surface area contributed by atoms with Gasteiger partial charge in [-0.3, -0.25) is 4.79 Å². The summed E-state index contributed by atoms with van der Waals surface area (Å²) in [6.45, 7) is 4.86. The van der Waals surface area contributed by atoms with E-state index in [9.17, 15) is 4.79 Å². The van der Waals surface area contributed by atoms with E-state index in [1.807, 2.05) is 13.8 Å². The van der Waals surface area contributed by atoms with Gasteiger partial charge in [-0.05, 0) is 23.8 Å². The number of hydrogen-bond acceptors (Lipinski definition) is 7. The van der Waals surface area contributed by atoms with E-state index >= 15 is 0 Å². The number of thioether (sulfide) groups is 1. The molecular formula is C11H21N5O3S. The van der Waals surface area contributed by atoms with Gasteiger partial charge in [0.05, 0.1) is 11.8 Å². The van der Waals surface area contributed by atoms with E-state index in [0.29, 0.717) is 18.2 Å². The van der Waals surface area contributed by atoms with E-state index in [1.165, 1.54) is 11.8 Å². The lowest BCUT2D eigenvalue weighted by Gasteiger charge is -2.14. The van der Waals surface area contributed by atoms with E-state index in [4.69, 9.17) is 9.47 Å². The third-order valence-electron chi connectivity index (χ3n) is 2.55. The van der Waals surface area contributed by atoms with Crippen LogP contribution in [-0.4, -0.2) is 58.4 Å². The largest absolute Gasteiger partial charge is 0.355 e. The second-order valence-electron chi connectivity index (χ2n) is 4.10. The molecule has 0 bridgehead atoms. The summed E-state index contributed by atoms with van der Waals surface area (Å²) in [5.74, 6) is -0.0265. The number of hydrogen-bond donors (Lipinski definition) is 1. The van der Waals surface area contributed by atoms with Gasteiger partial charge in [0, 0.05) is 20.8 Å². The molecule has 0 saturated heterocycles. The zero-order valence-electron chi connectivity index (χ0n) is 12.2. The average Bonchev–Trinajstić information content (AvgIpc) is 2.88. The average molecular weight is 303 g/mol. The van der Waals surface area contributed by atoms with Crippen LogP contribution in [0.3, 0.4) is 0 Å². The predicted octanol–water partition coefficient (Wildman–Crippen LogP) is 0.299. The minimum Gasteiger partial charge on any atom is -0.355 e. The normalized spacial score (nSPS) is 12.7. The van der Waals surface area contributed by atoms with Crippen LogP contribution in [0.15, 0.2) is 5.16 Å². The first-order valence-corrected chi connectivity index (χ1v) is 7.26. The predicted molar refractivity (Wildman–Crippen MR) is 74.2 cm³/mol. The van der Waals surface area contributed by atoms with Crippen molar-refractivity contribution in [3.8, 4) is 0 Å². The molecule has 1 amide bonds. The van der Waals surface area contributed by atoms with Crippen molar-refractivity contribution in [2.75, 3.05) is 20.8 Å². The highest BCUT2D eigenvalue weighted by molar-refractivity contribution is 8.00. The van der Waals surface area contributed by atoms with Crippen LogP contribution in [0, 0.1) is 0 Å². The van der Waals surface area contributed by atoms with Crippen LogP contribution in [0.4, 0.5) is 0 Å². The number of carbonyl (C=O) groups excluding carboxylic acids is 1. The molecule has 1 atom stereocenters. The summed E-state index contributed by atoms with van der Waals surface area (Å²) in [6, 6.07) is 0. The van der Waals surface area contributed by atoms with Crippen LogP contribution < -0.4 is 5.32 Å². The number of aromatic nitrogens is 4. The summed E-state index contributed by atoms with van der Waals surface area (Å²) >= 11 is 1.30. The zero-order chi connectivity index (χ0) is 15.0. The number of carbonyl (C=O) groups is 1. The number of nitrogens with one attached hydrogen (secondary N) is 1. The standard InChI is InChI=1S/C11H21N5O3S/c1-5-6-12-10(17)8(2)20-11-13-14-15-16(11)7-9(18-3)19-4/h8-9H,5-7H2,1-4H3,(H,12,17). The van der Waals surface area contributed by atoms with Crippen molar-refractivity contribution in [3.05, 3.63) is 0 Å². The molecule has 1 N–H and O–H groups in total. The Labute approximate surface area is 122 Å². The SMILES string of the molecule is CCCNC(=O)C(C)Sc1nnnn1CC(OC)OC. The Bertz CT molecular complexity index is 411. The van der Waals surface area contributed by atoms with Gasteiger partial charge < -0.3 is 14.8 Å². The van der Waals surface area contributed by atoms with Crippen molar-refractivity contribution in [2.24, 2.45) is 0 Å². The van der Waals surface area contributed by atoms with E-state index in [2.05, 4.69) is 20.8 Å². The smallest absolute Gasteiger partial charge is 0.233 e. The molecule has 9 heteroatoms. The van der Waals surface area contributed by atoms with Crippen LogP contribution in [0.2, 0.25) is 0 Å². The topological polar surface area (TPSA) is 91.2 Å². The van der Waals surface area contributed by atoms with Crippen molar-refractivity contribution in [2.45, 2.75) is 43.5 Å². The maximum Gasteiger partial charge on any atom is 0.233 e. The second-order valence-corrected chi connectivity index (χ2v) is 5.40. The van der Waals surface area contributed by atoms with Crippen LogP contribution in [0.1, 0.15) is 20.3 Å². The first kappa shape index (κ1) is 16.9. The van der Waals surface area contributed by atoms with E-state index in [0.717, 1.165) is 6.42 Å². The fourth-order valence-corrected chi connectivity index (χ4v) is 2.21. The molecule has 0 fully saturated rings. The number of methoxy groups -OCH3 is 2. The van der Waals surface area contributed by atoms with Crippen molar-refractivity contribution >= 4 is 17.7 Å². The van der Waals surface area contributed by atoms with Gasteiger partial charge in [-0.25, -0.2) is 4.68 Å². The molecular weight excluding hydrogens is 282 g/mol. The minimum atomic E-state index is -0.429. The second kappa shape index (κ2) is 8.88. The quantitative estimate of drug-likeness (QED) is 0.518. The third kappa shape index (κ3) is 5.06. The van der Waals surface area contributed by atoms with Crippen LogP contribution in [-0.2, 0) is 20.8 Å². The minimum absolute atomic E-state index is 0.0265. The molecule has 1 unspecified atom stereocenters. The summed E-state index contributed by atoms with van der Waals surface area (Å²) < 4.78 is 11.8. The number of tetrazole rings is 1. The molecule has 0 aliphatic heterocycles. The summed E-state index contributed by atoms with van der Waals surface area (Å²) in [4.78, 5) is 11.8. The first-order chi connectivity index (χ1) is 9.62. The zero-order valence-corrected chi connectivity index (χ0v) is 13.0. The molecule has 0 aromatic carbocycles. The fourth-order valence-electron chi connectivity index (χ4n) is 1.39. The molecule has 1 aromatic heterocycles. The first-order valence-electron chi connectivity index (χ1n) is 6.38. The maximum atomic E-state index is 11.8. The van der Waals surface area contributed by atoms with Gasteiger partial charge in [0.2, 0.25) is 11.1 Å². The molecule has 1 aromatic rings. The third-order valence-corrected chi connectivity index (χ3v) is 3.62. The lowest BCUT2D eigenvalue weighted by Crippen LogP contribution is -2.31. The number of amides is 1. The molecule has 8 nitrogen and oxygen atoms in total. The summed E-state index contributed by atoms with van der Waals surface area (Å²) in [5.41, 5.74) is 0. The van der Waals surface area contributed by atoms with Gasteiger partial charge in [-0.1, -0.05) is 18.7 Å². The molecule has 20 heavy (non-hydrogen) atoms. The molecule has 0 aliphatic rings. The highest BCUT2D eigenvalue weighted by atomic mass is 32.2. The Hall–Kier alpha value is -1.19. The molecule has 114 valence electrons. The van der Waals surface area contributed by atoms with Gasteiger partial charge in [0.15, 0.2) is 6.29 Å². The molecule has 0 spiro atoms. The van der Waals surface area contributed by atoms with Crippen LogP contribution in [0.5, 0.6) is 0 Å². The Morgan fingerprint density at radius 3 is 2.75 bits per heavy atom. The van der Waals surface area contributed by atoms with E-state index in [1.54, 1.807) is 18.9 Å². The Kier molecular flexibility index (Phi) is 7.48. The van der Waals surface area contributed by atoms with Gasteiger partial charge in [-0.2, -0.15) is 0 Å². The number of ether oxygens (including phenoxy) is 2. The van der Waals surface area contributed by atoms with Crippen LogP contribution >= 0.6 is 11.8 Å². The highest BCUT2D eigenvalue weighted by Gasteiger charge is 2.19. The van der Waals surface area contributed by atoms with E-state index < -0.39 is 6.29 Å². The lowest BCUT2D eigenvalue weighted by molar-refractivity contribution is -0.120. The van der Waals surface area contributed by atoms with E-state index in [-0.39, 0.29) is 11.2 Å². The van der Waals surface area contributed by atoms with Crippen molar-refractivity contribution in [1.82, 2.24) is 25.5 Å². The van der Waals surface area contributed by atoms with Crippen molar-refractivity contribution in [3.63, 3.8) is 0 Å². The monoisotopic (exact) mass is 303 g/mol. The number of rotatable bonds is 9. The van der Waals surface area contributed by atoms with Crippen molar-refractivity contribution in [1.29, 1.82) is 0 Å². The van der Waals surface area contributed by atoms with Gasteiger partial charge in [0.25, 0.3) is 0 Å². The summed E-state index contributed by atoms with van der Waals surface area (Å²) in [6.07, 6.45) is 0.478. The molecule has 0 saturated carbocycles. The van der Waals surface area contributed by atoms with Gasteiger partial charge in [0.1, 0.15) is 0 Å². The maximum absolute atomic E-state index is 11.8. The Balaban J connectivity index is 2.59. The van der Waals surface area contributed by atoms with Gasteiger partial charge >= 0.3 is 0 Å².